The third-order valence-corrected chi connectivity index (χ3v) is 3.08. The van der Waals surface area contributed by atoms with Gasteiger partial charge in [-0.2, -0.15) is 0 Å². The Bertz CT molecular complexity index is 466. The largest absolute Gasteiger partial charge is 0.481 e. The van der Waals surface area contributed by atoms with Crippen molar-refractivity contribution in [3.8, 4) is 0 Å². The van der Waals surface area contributed by atoms with Crippen LogP contribution in [0, 0.1) is 0 Å². The average molecular weight is 275 g/mol. The maximum Gasteiger partial charge on any atom is 0.344 e. The van der Waals surface area contributed by atoms with Crippen molar-refractivity contribution >= 4 is 17.7 Å². The van der Waals surface area contributed by atoms with Crippen molar-refractivity contribution in [2.75, 3.05) is 12.4 Å². The number of nitrogens with one attached hydrogen (secondary N) is 1. The first kappa shape index (κ1) is 14.8. The fourth-order valence-electron chi connectivity index (χ4n) is 1.50. The van der Waals surface area contributed by atoms with Crippen molar-refractivity contribution in [3.63, 3.8) is 0 Å². The maximum atomic E-state index is 11.6. The van der Waals surface area contributed by atoms with Crippen LogP contribution in [0.4, 0.5) is 0 Å². The second-order valence-electron chi connectivity index (χ2n) is 4.27. The van der Waals surface area contributed by atoms with Gasteiger partial charge in [-0.3, -0.25) is 9.36 Å². The molecule has 0 aliphatic rings. The van der Waals surface area contributed by atoms with E-state index in [1.807, 2.05) is 20.8 Å². The highest BCUT2D eigenvalue weighted by molar-refractivity contribution is 7.99. The van der Waals surface area contributed by atoms with Crippen molar-refractivity contribution in [1.29, 1.82) is 0 Å². The number of carbonyl (C=O) groups is 1. The van der Waals surface area contributed by atoms with E-state index in [2.05, 4.69) is 10.2 Å². The first-order valence-electron chi connectivity index (χ1n) is 5.49. The average Bonchev–Trinajstić information content (AvgIpc) is 2.57. The molecule has 0 aliphatic carbocycles. The normalized spacial score (nSPS) is 11.7. The summed E-state index contributed by atoms with van der Waals surface area (Å²) < 4.78 is 6.90. The van der Waals surface area contributed by atoms with Crippen molar-refractivity contribution in [3.05, 3.63) is 10.5 Å². The van der Waals surface area contributed by atoms with Gasteiger partial charge in [-0.1, -0.05) is 11.8 Å². The topological polar surface area (TPSA) is 97.2 Å². The second kappa shape index (κ2) is 6.05. The van der Waals surface area contributed by atoms with Crippen molar-refractivity contribution in [1.82, 2.24) is 14.8 Å². The van der Waals surface area contributed by atoms with Gasteiger partial charge in [-0.25, -0.2) is 9.89 Å². The van der Waals surface area contributed by atoms with Gasteiger partial charge in [0.25, 0.3) is 0 Å². The van der Waals surface area contributed by atoms with Gasteiger partial charge in [0.2, 0.25) is 0 Å². The third-order valence-electron chi connectivity index (χ3n) is 2.12. The standard InChI is InChI=1S/C10H17N3O4S/c1-4-17-10(2,3)6-13-8(16)11-12-9(13)18-5-7(14)15/h4-6H2,1-3H3,(H,11,16)(H,14,15). The Labute approximate surface area is 109 Å². The van der Waals surface area contributed by atoms with Gasteiger partial charge in [0.05, 0.1) is 17.9 Å². The molecule has 0 saturated carbocycles. The minimum atomic E-state index is -0.953. The van der Waals surface area contributed by atoms with Gasteiger partial charge in [-0.15, -0.1) is 5.10 Å². The molecule has 102 valence electrons. The number of thioether (sulfide) groups is 1. The van der Waals surface area contributed by atoms with Gasteiger partial charge >= 0.3 is 11.7 Å². The van der Waals surface area contributed by atoms with Crippen LogP contribution >= 0.6 is 11.8 Å². The highest BCUT2D eigenvalue weighted by atomic mass is 32.2. The van der Waals surface area contributed by atoms with Crippen LogP contribution in [0.2, 0.25) is 0 Å². The summed E-state index contributed by atoms with van der Waals surface area (Å²) in [5.74, 6) is -1.09. The summed E-state index contributed by atoms with van der Waals surface area (Å²) in [6, 6.07) is 0. The molecular weight excluding hydrogens is 258 g/mol. The molecular formula is C10H17N3O4S. The van der Waals surface area contributed by atoms with Gasteiger partial charge < -0.3 is 9.84 Å². The van der Waals surface area contributed by atoms with Gasteiger partial charge in [0.1, 0.15) is 0 Å². The van der Waals surface area contributed by atoms with Gasteiger partial charge in [0, 0.05) is 6.61 Å². The van der Waals surface area contributed by atoms with Crippen molar-refractivity contribution in [2.45, 2.75) is 38.1 Å². The number of aromatic nitrogens is 3. The second-order valence-corrected chi connectivity index (χ2v) is 5.22. The molecule has 7 nitrogen and oxygen atoms in total. The summed E-state index contributed by atoms with van der Waals surface area (Å²) in [4.78, 5) is 22.1. The number of hydrogen-bond acceptors (Lipinski definition) is 5. The van der Waals surface area contributed by atoms with Crippen LogP contribution in [0.15, 0.2) is 9.95 Å². The van der Waals surface area contributed by atoms with E-state index in [0.29, 0.717) is 18.3 Å². The summed E-state index contributed by atoms with van der Waals surface area (Å²) >= 11 is 1.00. The molecule has 0 aromatic carbocycles. The van der Waals surface area contributed by atoms with Gasteiger partial charge in [-0.05, 0) is 20.8 Å². The highest BCUT2D eigenvalue weighted by Crippen LogP contribution is 2.17. The molecule has 18 heavy (non-hydrogen) atoms. The number of hydrogen-bond donors (Lipinski definition) is 2. The summed E-state index contributed by atoms with van der Waals surface area (Å²) in [5, 5.41) is 15.1. The Kier molecular flexibility index (Phi) is 4.97. The summed E-state index contributed by atoms with van der Waals surface area (Å²) in [6.45, 7) is 6.46. The number of carboxylic acids is 1. The van der Waals surface area contributed by atoms with Crippen LogP contribution < -0.4 is 5.69 Å². The molecule has 8 heteroatoms. The smallest absolute Gasteiger partial charge is 0.344 e. The number of carboxylic acid groups (broad SMARTS) is 1. The minimum Gasteiger partial charge on any atom is -0.481 e. The summed E-state index contributed by atoms with van der Waals surface area (Å²) in [7, 11) is 0. The fraction of sp³-hybridized carbons (Fsp3) is 0.700. The molecule has 2 N–H and O–H groups in total. The molecule has 0 fully saturated rings. The maximum absolute atomic E-state index is 11.6. The Hall–Kier alpha value is -1.28. The first-order valence-corrected chi connectivity index (χ1v) is 6.48. The molecule has 0 amide bonds. The van der Waals surface area contributed by atoms with Crippen molar-refractivity contribution in [2.24, 2.45) is 0 Å². The lowest BCUT2D eigenvalue weighted by Gasteiger charge is -2.24. The van der Waals surface area contributed by atoms with Crippen LogP contribution in [-0.4, -0.2) is 43.8 Å². The molecule has 0 saturated heterocycles. The zero-order chi connectivity index (χ0) is 13.8. The van der Waals surface area contributed by atoms with E-state index in [1.165, 1.54) is 4.57 Å². The molecule has 1 heterocycles. The Balaban J connectivity index is 2.84. The lowest BCUT2D eigenvalue weighted by atomic mass is 10.1. The van der Waals surface area contributed by atoms with E-state index in [4.69, 9.17) is 9.84 Å². The first-order chi connectivity index (χ1) is 8.35. The van der Waals surface area contributed by atoms with E-state index in [0.717, 1.165) is 11.8 Å². The van der Waals surface area contributed by atoms with Crippen LogP contribution in [-0.2, 0) is 16.1 Å². The minimum absolute atomic E-state index is 0.140. The molecule has 0 atom stereocenters. The van der Waals surface area contributed by atoms with Crippen LogP contribution in [0.5, 0.6) is 0 Å². The third kappa shape index (κ3) is 4.19. The van der Waals surface area contributed by atoms with E-state index < -0.39 is 11.6 Å². The molecule has 1 rings (SSSR count). The Morgan fingerprint density at radius 1 is 1.61 bits per heavy atom. The lowest BCUT2D eigenvalue weighted by molar-refractivity contribution is -0.133. The van der Waals surface area contributed by atoms with Crippen LogP contribution in [0.3, 0.4) is 0 Å². The zero-order valence-electron chi connectivity index (χ0n) is 10.6. The quantitative estimate of drug-likeness (QED) is 0.706. The van der Waals surface area contributed by atoms with E-state index in [1.54, 1.807) is 0 Å². The number of aromatic amines is 1. The highest BCUT2D eigenvalue weighted by Gasteiger charge is 2.22. The van der Waals surface area contributed by atoms with E-state index >= 15 is 0 Å². The molecule has 0 aliphatic heterocycles. The number of rotatable bonds is 7. The number of nitrogens with zero attached hydrogens (tertiary/aromatic N) is 2. The molecule has 0 bridgehead atoms. The van der Waals surface area contributed by atoms with Crippen molar-refractivity contribution < 1.29 is 14.6 Å². The predicted molar refractivity (Wildman–Crippen MR) is 66.9 cm³/mol. The van der Waals surface area contributed by atoms with E-state index in [9.17, 15) is 9.59 Å². The zero-order valence-corrected chi connectivity index (χ0v) is 11.4. The molecule has 0 unspecified atom stereocenters. The fourth-order valence-corrected chi connectivity index (χ4v) is 2.16. The van der Waals surface area contributed by atoms with Crippen LogP contribution in [0.1, 0.15) is 20.8 Å². The summed E-state index contributed by atoms with van der Waals surface area (Å²) in [5.41, 5.74) is -0.878. The Morgan fingerprint density at radius 2 is 2.28 bits per heavy atom. The predicted octanol–water partition coefficient (Wildman–Crippen LogP) is 0.563. The monoisotopic (exact) mass is 275 g/mol. The molecule has 0 spiro atoms. The molecule has 0 radical (unpaired) electrons. The number of ether oxygens (including phenoxy) is 1. The number of aliphatic carboxylic acids is 1. The number of H-pyrrole nitrogens is 1. The van der Waals surface area contributed by atoms with Gasteiger partial charge in [0.15, 0.2) is 5.16 Å². The Morgan fingerprint density at radius 3 is 2.83 bits per heavy atom. The molecule has 1 aromatic rings. The van der Waals surface area contributed by atoms with E-state index in [-0.39, 0.29) is 11.4 Å². The lowest BCUT2D eigenvalue weighted by Crippen LogP contribution is -2.35. The van der Waals surface area contributed by atoms with Crippen LogP contribution in [0.25, 0.3) is 0 Å². The SMILES string of the molecule is CCOC(C)(C)Cn1c(SCC(=O)O)n[nH]c1=O. The molecule has 1 aromatic heterocycles. The summed E-state index contributed by atoms with van der Waals surface area (Å²) in [6.07, 6.45) is 0.